The Labute approximate surface area is 349 Å². The highest BCUT2D eigenvalue weighted by Gasteiger charge is 2.22. The van der Waals surface area contributed by atoms with Gasteiger partial charge in [-0.15, -0.1) is 0 Å². The maximum atomic E-state index is 2.39. The number of rotatable bonds is 5. The smallest absolute Gasteiger partial charge is 0.00201 e. The molecule has 12 rings (SSSR count). The van der Waals surface area contributed by atoms with Gasteiger partial charge in [-0.05, 0) is 132 Å². The monoisotopic (exact) mass is 758 g/mol. The average Bonchev–Trinajstić information content (AvgIpc) is 3.32. The van der Waals surface area contributed by atoms with Gasteiger partial charge in [-0.1, -0.05) is 218 Å². The largest absolute Gasteiger partial charge is 0.0616 e. The first-order valence-corrected chi connectivity index (χ1v) is 20.8. The molecule has 0 spiro atoms. The van der Waals surface area contributed by atoms with E-state index in [2.05, 4.69) is 231 Å². The van der Waals surface area contributed by atoms with Crippen molar-refractivity contribution in [3.05, 3.63) is 231 Å². The van der Waals surface area contributed by atoms with E-state index in [1.807, 2.05) is 0 Å². The van der Waals surface area contributed by atoms with E-state index in [9.17, 15) is 0 Å². The zero-order valence-corrected chi connectivity index (χ0v) is 32.9. The van der Waals surface area contributed by atoms with Crippen molar-refractivity contribution >= 4 is 64.6 Å². The molecule has 0 aliphatic heterocycles. The summed E-state index contributed by atoms with van der Waals surface area (Å²) >= 11 is 0. The molecular weight excluding hydrogens is 721 g/mol. The molecule has 0 unspecified atom stereocenters. The van der Waals surface area contributed by atoms with E-state index in [-0.39, 0.29) is 0 Å². The first-order valence-electron chi connectivity index (χ1n) is 20.8. The topological polar surface area (TPSA) is 0 Å². The van der Waals surface area contributed by atoms with Gasteiger partial charge in [0.05, 0.1) is 0 Å². The van der Waals surface area contributed by atoms with Gasteiger partial charge in [-0.2, -0.15) is 0 Å². The predicted octanol–water partition coefficient (Wildman–Crippen LogP) is 16.9. The highest BCUT2D eigenvalue weighted by molar-refractivity contribution is 6.26. The van der Waals surface area contributed by atoms with Crippen molar-refractivity contribution in [3.8, 4) is 55.6 Å². The van der Waals surface area contributed by atoms with Crippen LogP contribution in [0.1, 0.15) is 0 Å². The van der Waals surface area contributed by atoms with E-state index in [1.54, 1.807) is 0 Å². The van der Waals surface area contributed by atoms with Crippen molar-refractivity contribution < 1.29 is 0 Å². The summed E-state index contributed by atoms with van der Waals surface area (Å²) in [6, 6.07) is 85.3. The molecule has 0 fully saturated rings. The highest BCUT2D eigenvalue weighted by Crippen LogP contribution is 2.49. The molecule has 0 amide bonds. The van der Waals surface area contributed by atoms with Crippen molar-refractivity contribution in [2.24, 2.45) is 0 Å². The molecule has 0 aliphatic carbocycles. The molecular formula is C60H38. The maximum Gasteiger partial charge on any atom is -0.00201 e. The van der Waals surface area contributed by atoms with Crippen molar-refractivity contribution in [1.82, 2.24) is 0 Å². The Hall–Kier alpha value is -7.80. The van der Waals surface area contributed by atoms with Crippen LogP contribution >= 0.6 is 0 Å². The number of hydrogen-bond donors (Lipinski definition) is 0. The fourth-order valence-corrected chi connectivity index (χ4v) is 9.95. The molecule has 0 saturated carbocycles. The Bertz CT molecular complexity index is 3510. The second kappa shape index (κ2) is 13.9. The molecule has 0 bridgehead atoms. The fourth-order valence-electron chi connectivity index (χ4n) is 9.95. The second-order valence-corrected chi connectivity index (χ2v) is 15.9. The molecule has 60 heavy (non-hydrogen) atoms. The molecule has 0 aliphatic rings. The molecule has 12 aromatic rings. The van der Waals surface area contributed by atoms with Gasteiger partial charge in [0.15, 0.2) is 0 Å². The zero-order valence-electron chi connectivity index (χ0n) is 32.9. The van der Waals surface area contributed by atoms with Crippen LogP contribution in [0.4, 0.5) is 0 Å². The van der Waals surface area contributed by atoms with E-state index in [0.29, 0.717) is 0 Å². The van der Waals surface area contributed by atoms with E-state index < -0.39 is 0 Å². The lowest BCUT2D eigenvalue weighted by Crippen LogP contribution is -1.94. The molecule has 0 N–H and O–H groups in total. The van der Waals surface area contributed by atoms with E-state index in [0.717, 1.165) is 0 Å². The minimum absolute atomic E-state index is 1.21. The van der Waals surface area contributed by atoms with Crippen LogP contribution in [0.15, 0.2) is 231 Å². The molecule has 0 nitrogen and oxygen atoms in total. The molecule has 0 radical (unpaired) electrons. The van der Waals surface area contributed by atoms with Crippen molar-refractivity contribution in [3.63, 3.8) is 0 Å². The van der Waals surface area contributed by atoms with Crippen LogP contribution in [-0.2, 0) is 0 Å². The van der Waals surface area contributed by atoms with Gasteiger partial charge in [-0.3, -0.25) is 0 Å². The third-order valence-electron chi connectivity index (χ3n) is 12.6. The molecule has 0 saturated heterocycles. The Balaban J connectivity index is 1.15. The predicted molar refractivity (Wildman–Crippen MR) is 259 cm³/mol. The number of hydrogen-bond acceptors (Lipinski definition) is 0. The lowest BCUT2D eigenvalue weighted by molar-refractivity contribution is 1.62. The van der Waals surface area contributed by atoms with Gasteiger partial charge in [-0.25, -0.2) is 0 Å². The number of benzene rings is 12. The van der Waals surface area contributed by atoms with Crippen molar-refractivity contribution in [2.45, 2.75) is 0 Å². The van der Waals surface area contributed by atoms with Gasteiger partial charge in [0.25, 0.3) is 0 Å². The van der Waals surface area contributed by atoms with E-state index >= 15 is 0 Å². The van der Waals surface area contributed by atoms with Gasteiger partial charge < -0.3 is 0 Å². The summed E-state index contributed by atoms with van der Waals surface area (Å²) in [5.41, 5.74) is 12.4. The first kappa shape index (κ1) is 34.3. The standard InChI is InChI=1S/C60H38/c1-2-18-42-37-44(34-33-39(42)15-1)43-21-11-22-45(38-43)58-51-25-7-9-27-53(51)60(54-28-10-8-26-52(54)58)57-36-35-56(49-30-13-20-41-17-4-6-24-47(41)49)59-50(31-14-32-55(57)59)48-29-12-19-40-16-3-5-23-46(40)48/h1-38H. The van der Waals surface area contributed by atoms with Crippen LogP contribution in [0.5, 0.6) is 0 Å². The number of fused-ring (bicyclic) bond motifs is 6. The summed E-state index contributed by atoms with van der Waals surface area (Å²) in [5.74, 6) is 0. The summed E-state index contributed by atoms with van der Waals surface area (Å²) in [4.78, 5) is 0. The Morgan fingerprint density at radius 2 is 0.600 bits per heavy atom. The fraction of sp³-hybridized carbons (Fsp3) is 0. The summed E-state index contributed by atoms with van der Waals surface area (Å²) in [7, 11) is 0. The summed E-state index contributed by atoms with van der Waals surface area (Å²) < 4.78 is 0. The van der Waals surface area contributed by atoms with Gasteiger partial charge >= 0.3 is 0 Å². The highest BCUT2D eigenvalue weighted by atomic mass is 14.2. The summed E-state index contributed by atoms with van der Waals surface area (Å²) in [5, 5.41) is 15.0. The SMILES string of the molecule is c1cc(-c2ccc3ccccc3c2)cc(-c2c3ccccc3c(-c3ccc(-c4cccc5ccccc45)c4c(-c5cccc6ccccc56)cccc34)c3ccccc23)c1. The quantitative estimate of drug-likeness (QED) is 0.153. The van der Waals surface area contributed by atoms with Crippen LogP contribution in [0.2, 0.25) is 0 Å². The molecule has 0 heteroatoms. The minimum atomic E-state index is 1.21. The van der Waals surface area contributed by atoms with Gasteiger partial charge in [0.1, 0.15) is 0 Å². The molecule has 0 atom stereocenters. The van der Waals surface area contributed by atoms with Crippen LogP contribution in [0.25, 0.3) is 120 Å². The van der Waals surface area contributed by atoms with Gasteiger partial charge in [0.2, 0.25) is 0 Å². The van der Waals surface area contributed by atoms with Crippen LogP contribution in [-0.4, -0.2) is 0 Å². The van der Waals surface area contributed by atoms with Crippen molar-refractivity contribution in [1.29, 1.82) is 0 Å². The molecule has 0 aromatic heterocycles. The average molecular weight is 759 g/mol. The van der Waals surface area contributed by atoms with Crippen LogP contribution in [0.3, 0.4) is 0 Å². The molecule has 0 heterocycles. The van der Waals surface area contributed by atoms with Gasteiger partial charge in [0, 0.05) is 0 Å². The molecule has 12 aromatic carbocycles. The first-order chi connectivity index (χ1) is 29.8. The second-order valence-electron chi connectivity index (χ2n) is 15.9. The van der Waals surface area contributed by atoms with Crippen LogP contribution in [0, 0.1) is 0 Å². The normalized spacial score (nSPS) is 11.7. The Morgan fingerprint density at radius 3 is 1.25 bits per heavy atom. The third kappa shape index (κ3) is 5.46. The summed E-state index contributed by atoms with van der Waals surface area (Å²) in [6.45, 7) is 0. The Kier molecular flexibility index (Phi) is 7.96. The minimum Gasteiger partial charge on any atom is -0.0616 e. The summed E-state index contributed by atoms with van der Waals surface area (Å²) in [6.07, 6.45) is 0. The molecule has 278 valence electrons. The Morgan fingerprint density at radius 1 is 0.183 bits per heavy atom. The lowest BCUT2D eigenvalue weighted by atomic mass is 9.81. The third-order valence-corrected chi connectivity index (χ3v) is 12.6. The zero-order chi connectivity index (χ0) is 39.6. The van der Waals surface area contributed by atoms with Crippen molar-refractivity contribution in [2.75, 3.05) is 0 Å². The van der Waals surface area contributed by atoms with Crippen LogP contribution < -0.4 is 0 Å². The van der Waals surface area contributed by atoms with E-state index in [1.165, 1.54) is 120 Å². The van der Waals surface area contributed by atoms with E-state index in [4.69, 9.17) is 0 Å². The lowest BCUT2D eigenvalue weighted by Gasteiger charge is -2.21. The maximum absolute atomic E-state index is 2.39.